The van der Waals surface area contributed by atoms with Gasteiger partial charge in [0.05, 0.1) is 18.4 Å². The van der Waals surface area contributed by atoms with Gasteiger partial charge in [-0.1, -0.05) is 24.3 Å². The number of hydrogen-bond donors (Lipinski definition) is 2. The van der Waals surface area contributed by atoms with Crippen LogP contribution in [0.4, 0.5) is 5.82 Å². The Morgan fingerprint density at radius 3 is 2.62 bits per heavy atom. The predicted octanol–water partition coefficient (Wildman–Crippen LogP) is 2.98. The number of methoxy groups -OCH3 is 1. The molecular formula is C18H14N4O2. The van der Waals surface area contributed by atoms with Crippen molar-refractivity contribution < 1.29 is 9.84 Å². The Labute approximate surface area is 138 Å². The Morgan fingerprint density at radius 2 is 1.92 bits per heavy atom. The Morgan fingerprint density at radius 1 is 1.12 bits per heavy atom. The van der Waals surface area contributed by atoms with Crippen LogP contribution in [0.3, 0.4) is 0 Å². The van der Waals surface area contributed by atoms with Crippen LogP contribution >= 0.6 is 0 Å². The molecule has 2 aromatic carbocycles. The van der Waals surface area contributed by atoms with Gasteiger partial charge in [0.2, 0.25) is 0 Å². The van der Waals surface area contributed by atoms with Crippen LogP contribution in [0.25, 0.3) is 22.6 Å². The number of phenolic OH excluding ortho intramolecular Hbond substituents is 1. The molecular weight excluding hydrogens is 304 g/mol. The van der Waals surface area contributed by atoms with Crippen molar-refractivity contribution in [2.75, 3.05) is 12.8 Å². The lowest BCUT2D eigenvalue weighted by atomic mass is 10.1. The molecule has 0 saturated heterocycles. The Kier molecular flexibility index (Phi) is 4.00. The molecule has 0 bridgehead atoms. The molecule has 0 radical (unpaired) electrons. The van der Waals surface area contributed by atoms with E-state index in [1.54, 1.807) is 49.6 Å². The first-order valence-electron chi connectivity index (χ1n) is 7.14. The average Bonchev–Trinajstić information content (AvgIpc) is 2.61. The Hall–Kier alpha value is -3.59. The quantitative estimate of drug-likeness (QED) is 0.769. The number of aromatic nitrogens is 2. The third-order valence-corrected chi connectivity index (χ3v) is 3.54. The van der Waals surface area contributed by atoms with E-state index < -0.39 is 0 Å². The van der Waals surface area contributed by atoms with Crippen molar-refractivity contribution in [3.8, 4) is 40.2 Å². The molecule has 0 aliphatic heterocycles. The summed E-state index contributed by atoms with van der Waals surface area (Å²) in [6.45, 7) is 0. The van der Waals surface area contributed by atoms with Crippen molar-refractivity contribution in [1.29, 1.82) is 5.26 Å². The third kappa shape index (κ3) is 2.71. The van der Waals surface area contributed by atoms with Gasteiger partial charge in [-0.2, -0.15) is 5.26 Å². The van der Waals surface area contributed by atoms with Gasteiger partial charge >= 0.3 is 0 Å². The monoisotopic (exact) mass is 318 g/mol. The molecule has 1 aromatic heterocycles. The lowest BCUT2D eigenvalue weighted by molar-refractivity contribution is 0.415. The van der Waals surface area contributed by atoms with Crippen molar-refractivity contribution in [3.05, 3.63) is 54.1 Å². The molecule has 0 spiro atoms. The molecule has 1 heterocycles. The zero-order chi connectivity index (χ0) is 17.1. The summed E-state index contributed by atoms with van der Waals surface area (Å²) in [5.74, 6) is 0.988. The summed E-state index contributed by atoms with van der Waals surface area (Å²) in [5, 5.41) is 19.4. The van der Waals surface area contributed by atoms with E-state index in [0.717, 1.165) is 0 Å². The predicted molar refractivity (Wildman–Crippen MR) is 90.2 cm³/mol. The zero-order valence-electron chi connectivity index (χ0n) is 12.9. The molecule has 0 fully saturated rings. The van der Waals surface area contributed by atoms with E-state index >= 15 is 0 Å². The van der Waals surface area contributed by atoms with Gasteiger partial charge in [0.15, 0.2) is 5.82 Å². The van der Waals surface area contributed by atoms with Gasteiger partial charge in [0.1, 0.15) is 28.9 Å². The molecule has 0 amide bonds. The van der Waals surface area contributed by atoms with Gasteiger partial charge in [-0.05, 0) is 24.3 Å². The fourth-order valence-electron chi connectivity index (χ4n) is 2.35. The lowest BCUT2D eigenvalue weighted by Crippen LogP contribution is -2.03. The number of hydrogen-bond acceptors (Lipinski definition) is 6. The van der Waals surface area contributed by atoms with Crippen LogP contribution in [0.5, 0.6) is 11.5 Å². The van der Waals surface area contributed by atoms with E-state index in [1.165, 1.54) is 6.07 Å². The fraction of sp³-hybridized carbons (Fsp3) is 0.0556. The first-order valence-corrected chi connectivity index (χ1v) is 7.14. The maximum atomic E-state index is 10.0. The molecule has 0 aliphatic rings. The highest BCUT2D eigenvalue weighted by atomic mass is 16.5. The van der Waals surface area contributed by atoms with Crippen LogP contribution in [0.1, 0.15) is 5.56 Å². The van der Waals surface area contributed by atoms with Crippen LogP contribution in [-0.2, 0) is 0 Å². The van der Waals surface area contributed by atoms with E-state index in [0.29, 0.717) is 22.6 Å². The Balaban J connectivity index is 2.25. The number of phenols is 1. The summed E-state index contributed by atoms with van der Waals surface area (Å²) in [5.41, 5.74) is 7.64. The van der Waals surface area contributed by atoms with Gasteiger partial charge < -0.3 is 15.6 Å². The average molecular weight is 318 g/mol. The molecule has 118 valence electrons. The number of para-hydroxylation sites is 1. The topological polar surface area (TPSA) is 105 Å². The zero-order valence-corrected chi connectivity index (χ0v) is 12.9. The molecule has 3 aromatic rings. The highest BCUT2D eigenvalue weighted by molar-refractivity contribution is 5.76. The summed E-state index contributed by atoms with van der Waals surface area (Å²) in [4.78, 5) is 8.61. The molecule has 6 nitrogen and oxygen atoms in total. The molecule has 0 atom stereocenters. The maximum Gasteiger partial charge on any atom is 0.165 e. The first-order chi connectivity index (χ1) is 11.6. The third-order valence-electron chi connectivity index (χ3n) is 3.54. The molecule has 0 saturated carbocycles. The summed E-state index contributed by atoms with van der Waals surface area (Å²) in [7, 11) is 1.56. The van der Waals surface area contributed by atoms with Gasteiger partial charge in [0, 0.05) is 5.56 Å². The van der Waals surface area contributed by atoms with Crippen molar-refractivity contribution >= 4 is 5.82 Å². The minimum absolute atomic E-state index is 0.0400. The van der Waals surface area contributed by atoms with E-state index in [1.807, 2.05) is 6.07 Å². The number of nitrogens with two attached hydrogens (primary N) is 1. The number of ether oxygens (including phenoxy) is 1. The number of anilines is 1. The highest BCUT2D eigenvalue weighted by Crippen LogP contribution is 2.32. The second-order valence-corrected chi connectivity index (χ2v) is 5.02. The van der Waals surface area contributed by atoms with Crippen molar-refractivity contribution in [1.82, 2.24) is 9.97 Å². The van der Waals surface area contributed by atoms with Crippen LogP contribution in [0.2, 0.25) is 0 Å². The van der Waals surface area contributed by atoms with Gasteiger partial charge in [-0.15, -0.1) is 0 Å². The van der Waals surface area contributed by atoms with Gasteiger partial charge in [-0.3, -0.25) is 0 Å². The van der Waals surface area contributed by atoms with Gasteiger partial charge in [0.25, 0.3) is 0 Å². The van der Waals surface area contributed by atoms with Gasteiger partial charge in [-0.25, -0.2) is 9.97 Å². The second-order valence-electron chi connectivity index (χ2n) is 5.02. The van der Waals surface area contributed by atoms with Crippen molar-refractivity contribution in [2.24, 2.45) is 0 Å². The molecule has 24 heavy (non-hydrogen) atoms. The number of nitrogen functional groups attached to an aromatic ring is 1. The number of nitrogens with zero attached hydrogens (tertiary/aromatic N) is 3. The first kappa shape index (κ1) is 15.3. The number of aromatic hydroxyl groups is 1. The summed E-state index contributed by atoms with van der Waals surface area (Å²) < 4.78 is 5.22. The SMILES string of the molecule is COc1cccc(-c2nc(-c3ccccc3O)nc(N)c2C#N)c1. The summed E-state index contributed by atoms with van der Waals surface area (Å²) in [6.07, 6.45) is 0. The van der Waals surface area contributed by atoms with Crippen LogP contribution in [0.15, 0.2) is 48.5 Å². The summed E-state index contributed by atoms with van der Waals surface area (Å²) >= 11 is 0. The fourth-order valence-corrected chi connectivity index (χ4v) is 2.35. The molecule has 0 unspecified atom stereocenters. The Bertz CT molecular complexity index is 948. The normalized spacial score (nSPS) is 10.2. The van der Waals surface area contributed by atoms with Crippen molar-refractivity contribution in [2.45, 2.75) is 0 Å². The van der Waals surface area contributed by atoms with Crippen LogP contribution in [-0.4, -0.2) is 22.2 Å². The molecule has 6 heteroatoms. The van der Waals surface area contributed by atoms with Crippen LogP contribution < -0.4 is 10.5 Å². The minimum Gasteiger partial charge on any atom is -0.507 e. The van der Waals surface area contributed by atoms with E-state index in [2.05, 4.69) is 9.97 Å². The van der Waals surface area contributed by atoms with Crippen LogP contribution in [0, 0.1) is 11.3 Å². The highest BCUT2D eigenvalue weighted by Gasteiger charge is 2.17. The largest absolute Gasteiger partial charge is 0.507 e. The number of benzene rings is 2. The van der Waals surface area contributed by atoms with E-state index in [9.17, 15) is 10.4 Å². The minimum atomic E-state index is 0.0400. The molecule has 3 N–H and O–H groups in total. The second kappa shape index (κ2) is 6.26. The maximum absolute atomic E-state index is 10.0. The lowest BCUT2D eigenvalue weighted by Gasteiger charge is -2.10. The molecule has 0 aliphatic carbocycles. The smallest absolute Gasteiger partial charge is 0.165 e. The number of nitriles is 1. The van der Waals surface area contributed by atoms with E-state index in [-0.39, 0.29) is 23.0 Å². The van der Waals surface area contributed by atoms with E-state index in [4.69, 9.17) is 10.5 Å². The van der Waals surface area contributed by atoms with Crippen molar-refractivity contribution in [3.63, 3.8) is 0 Å². The summed E-state index contributed by atoms with van der Waals surface area (Å²) in [6, 6.07) is 15.9. The standard InChI is InChI=1S/C18H14N4O2/c1-24-12-6-4-5-11(9-12)16-14(10-19)17(20)22-18(21-16)13-7-2-3-8-15(13)23/h2-9,23H,1H3,(H2,20,21,22). The molecule has 3 rings (SSSR count). The number of rotatable bonds is 3.